The summed E-state index contributed by atoms with van der Waals surface area (Å²) in [5, 5.41) is 10.1. The van der Waals surface area contributed by atoms with Crippen molar-refractivity contribution in [3.05, 3.63) is 101 Å². The second kappa shape index (κ2) is 8.85. The molecule has 0 aliphatic carbocycles. The Morgan fingerprint density at radius 1 is 1.00 bits per heavy atom. The molecule has 0 saturated heterocycles. The highest BCUT2D eigenvalue weighted by Gasteiger charge is 2.35. The second-order valence-electron chi connectivity index (χ2n) is 6.68. The Bertz CT molecular complexity index is 1190. The largest absolute Gasteiger partial charge is 0.480 e. The van der Waals surface area contributed by atoms with Crippen LogP contribution in [0.5, 0.6) is 11.5 Å². The molecule has 31 heavy (non-hydrogen) atoms. The van der Waals surface area contributed by atoms with E-state index in [4.69, 9.17) is 21.1 Å². The number of hydrogen-bond donors (Lipinski definition) is 1. The monoisotopic (exact) mass is 433 g/mol. The van der Waals surface area contributed by atoms with Crippen LogP contribution in [0.2, 0.25) is 5.02 Å². The number of carbonyl (C=O) groups is 2. The lowest BCUT2D eigenvalue weighted by Gasteiger charge is -2.11. The number of benzene rings is 3. The van der Waals surface area contributed by atoms with Crippen LogP contribution in [0.4, 0.5) is 0 Å². The number of halogens is 1. The van der Waals surface area contributed by atoms with Crippen molar-refractivity contribution in [2.45, 2.75) is 5.92 Å². The van der Waals surface area contributed by atoms with E-state index < -0.39 is 17.9 Å². The minimum atomic E-state index is -1.22. The predicted molar refractivity (Wildman–Crippen MR) is 116 cm³/mol. The number of cyclic esters (lactones) is 1. The zero-order chi connectivity index (χ0) is 21.8. The lowest BCUT2D eigenvalue weighted by Crippen LogP contribution is -2.22. The molecule has 7 heteroatoms. The smallest absolute Gasteiger partial charge is 0.363 e. The van der Waals surface area contributed by atoms with Crippen LogP contribution in [0.3, 0.4) is 0 Å². The quantitative estimate of drug-likeness (QED) is 0.421. The summed E-state index contributed by atoms with van der Waals surface area (Å²) in [5.74, 6) is -2.05. The Balaban J connectivity index is 1.61. The molecule has 1 heterocycles. The number of carboxylic acids is 1. The van der Waals surface area contributed by atoms with Gasteiger partial charge in [0.15, 0.2) is 11.6 Å². The molecule has 4 rings (SSSR count). The molecule has 0 fully saturated rings. The van der Waals surface area contributed by atoms with E-state index in [0.717, 1.165) is 0 Å². The summed E-state index contributed by atoms with van der Waals surface area (Å²) in [7, 11) is 0. The molecule has 0 bridgehead atoms. The van der Waals surface area contributed by atoms with Gasteiger partial charge in [-0.2, -0.15) is 0 Å². The van der Waals surface area contributed by atoms with Gasteiger partial charge in [0.05, 0.1) is 0 Å². The molecule has 0 radical (unpaired) electrons. The topological polar surface area (TPSA) is 85.2 Å². The zero-order valence-corrected chi connectivity index (χ0v) is 16.8. The van der Waals surface area contributed by atoms with Crippen LogP contribution in [0.25, 0.3) is 6.08 Å². The number of esters is 1. The van der Waals surface area contributed by atoms with Gasteiger partial charge in [-0.05, 0) is 53.6 Å². The van der Waals surface area contributed by atoms with Crippen molar-refractivity contribution in [1.29, 1.82) is 0 Å². The number of nitrogens with zero attached hydrogens (tertiary/aromatic N) is 1. The molecule has 1 unspecified atom stereocenters. The van der Waals surface area contributed by atoms with Crippen LogP contribution in [0, 0.1) is 0 Å². The summed E-state index contributed by atoms with van der Waals surface area (Å²) in [6.07, 6.45) is 1.52. The first kappa shape index (κ1) is 20.4. The minimum Gasteiger partial charge on any atom is -0.480 e. The number of rotatable bonds is 6. The maximum atomic E-state index is 12.3. The maximum Gasteiger partial charge on any atom is 0.363 e. The third-order valence-corrected chi connectivity index (χ3v) is 4.73. The number of aliphatic imine (C=N–C) groups is 1. The van der Waals surface area contributed by atoms with Crippen molar-refractivity contribution in [1.82, 2.24) is 0 Å². The fraction of sp³-hybridized carbons (Fsp3) is 0.0417. The van der Waals surface area contributed by atoms with Crippen LogP contribution in [0.15, 0.2) is 89.6 Å². The third-order valence-electron chi connectivity index (χ3n) is 4.47. The van der Waals surface area contributed by atoms with Crippen molar-refractivity contribution in [2.75, 3.05) is 0 Å². The summed E-state index contributed by atoms with van der Waals surface area (Å²) >= 11 is 5.87. The molecule has 3 aromatic carbocycles. The van der Waals surface area contributed by atoms with Crippen molar-refractivity contribution < 1.29 is 24.2 Å². The number of carbonyl (C=O) groups excluding carboxylic acids is 1. The molecule has 154 valence electrons. The van der Waals surface area contributed by atoms with Gasteiger partial charge in [0.1, 0.15) is 11.5 Å². The van der Waals surface area contributed by atoms with Crippen molar-refractivity contribution in [3.8, 4) is 11.5 Å². The van der Waals surface area contributed by atoms with Gasteiger partial charge in [-0.1, -0.05) is 54.1 Å². The molecule has 0 spiro atoms. The summed E-state index contributed by atoms with van der Waals surface area (Å²) in [6.45, 7) is 0. The molecular weight excluding hydrogens is 418 g/mol. The van der Waals surface area contributed by atoms with Crippen molar-refractivity contribution in [3.63, 3.8) is 0 Å². The number of para-hydroxylation sites is 1. The maximum absolute atomic E-state index is 12.3. The van der Waals surface area contributed by atoms with Crippen molar-refractivity contribution >= 4 is 35.5 Å². The normalized spacial score (nSPS) is 15.3. The summed E-state index contributed by atoms with van der Waals surface area (Å²) < 4.78 is 11.0. The van der Waals surface area contributed by atoms with Crippen LogP contribution in [-0.2, 0) is 14.3 Å². The Labute approximate surface area is 183 Å². The average Bonchev–Trinajstić information content (AvgIpc) is 3.10. The molecule has 3 aromatic rings. The van der Waals surface area contributed by atoms with Crippen LogP contribution in [-0.4, -0.2) is 22.9 Å². The minimum absolute atomic E-state index is 0.00655. The number of ether oxygens (including phenoxy) is 2. The van der Waals surface area contributed by atoms with Gasteiger partial charge in [-0.15, -0.1) is 0 Å². The Hall–Kier alpha value is -3.90. The third kappa shape index (κ3) is 4.82. The molecule has 1 aliphatic heterocycles. The van der Waals surface area contributed by atoms with Crippen molar-refractivity contribution in [2.24, 2.45) is 4.99 Å². The van der Waals surface area contributed by atoms with E-state index in [2.05, 4.69) is 4.99 Å². The molecule has 1 aliphatic rings. The van der Waals surface area contributed by atoms with Gasteiger partial charge in [-0.25, -0.2) is 9.79 Å². The van der Waals surface area contributed by atoms with Gasteiger partial charge in [0.2, 0.25) is 5.90 Å². The molecule has 1 atom stereocenters. The average molecular weight is 434 g/mol. The molecule has 0 aromatic heterocycles. The number of aliphatic carboxylic acids is 1. The Kier molecular flexibility index (Phi) is 5.82. The van der Waals surface area contributed by atoms with E-state index in [1.165, 1.54) is 6.08 Å². The first-order chi connectivity index (χ1) is 15.0. The van der Waals surface area contributed by atoms with E-state index in [0.29, 0.717) is 27.6 Å². The SMILES string of the molecule is O=C1OC(C(C(=O)O)c2ccc(Cl)cc2)=NC1=Cc1cccc(Oc2ccccc2)c1. The van der Waals surface area contributed by atoms with E-state index in [1.807, 2.05) is 30.3 Å². The van der Waals surface area contributed by atoms with Crippen LogP contribution >= 0.6 is 11.6 Å². The first-order valence-corrected chi connectivity index (χ1v) is 9.71. The van der Waals surface area contributed by atoms with Gasteiger partial charge >= 0.3 is 11.9 Å². The van der Waals surface area contributed by atoms with E-state index in [9.17, 15) is 14.7 Å². The van der Waals surface area contributed by atoms with E-state index in [1.54, 1.807) is 48.5 Å². The van der Waals surface area contributed by atoms with Gasteiger partial charge in [-0.3, -0.25) is 4.79 Å². The highest BCUT2D eigenvalue weighted by atomic mass is 35.5. The lowest BCUT2D eigenvalue weighted by molar-refractivity contribution is -0.137. The summed E-state index contributed by atoms with van der Waals surface area (Å²) in [4.78, 5) is 28.3. The highest BCUT2D eigenvalue weighted by Crippen LogP contribution is 2.28. The highest BCUT2D eigenvalue weighted by molar-refractivity contribution is 6.30. The standard InChI is InChI=1S/C24H16ClNO5/c25-17-11-9-16(10-12-17)21(23(27)28)22-26-20(24(29)31-22)14-15-5-4-8-19(13-15)30-18-6-2-1-3-7-18/h1-14,21H,(H,27,28). The fourth-order valence-electron chi connectivity index (χ4n) is 3.05. The van der Waals surface area contributed by atoms with Gasteiger partial charge in [0, 0.05) is 5.02 Å². The number of hydrogen-bond acceptors (Lipinski definition) is 5. The molecule has 1 N–H and O–H groups in total. The second-order valence-corrected chi connectivity index (χ2v) is 7.12. The first-order valence-electron chi connectivity index (χ1n) is 9.33. The molecule has 0 saturated carbocycles. The van der Waals surface area contributed by atoms with E-state index >= 15 is 0 Å². The molecular formula is C24H16ClNO5. The zero-order valence-electron chi connectivity index (χ0n) is 16.1. The molecule has 0 amide bonds. The van der Waals surface area contributed by atoms with Gasteiger partial charge in [0.25, 0.3) is 0 Å². The predicted octanol–water partition coefficient (Wildman–Crippen LogP) is 5.30. The Morgan fingerprint density at radius 3 is 2.42 bits per heavy atom. The summed E-state index contributed by atoms with van der Waals surface area (Å²) in [6, 6.07) is 22.6. The van der Waals surface area contributed by atoms with Gasteiger partial charge < -0.3 is 14.6 Å². The van der Waals surface area contributed by atoms with Crippen LogP contribution in [0.1, 0.15) is 17.0 Å². The van der Waals surface area contributed by atoms with Crippen LogP contribution < -0.4 is 4.74 Å². The lowest BCUT2D eigenvalue weighted by atomic mass is 9.99. The van der Waals surface area contributed by atoms with E-state index in [-0.39, 0.29) is 11.6 Å². The fourth-order valence-corrected chi connectivity index (χ4v) is 3.17. The summed E-state index contributed by atoms with van der Waals surface area (Å²) in [5.41, 5.74) is 1.07. The molecule has 6 nitrogen and oxygen atoms in total. The number of carboxylic acid groups (broad SMARTS) is 1. The Morgan fingerprint density at radius 2 is 1.71 bits per heavy atom.